The maximum atomic E-state index is 14.4. The topological polar surface area (TPSA) is 146 Å². The Hall–Kier alpha value is -4.23. The summed E-state index contributed by atoms with van der Waals surface area (Å²) in [5, 5.41) is 24.8. The fraction of sp³-hybridized carbons (Fsp3) is 0.612. The Balaban J connectivity index is 1.38. The first-order valence-electron chi connectivity index (χ1n) is 22.8. The molecule has 7 atom stereocenters. The van der Waals surface area contributed by atoms with E-state index in [0.717, 1.165) is 74.5 Å². The standard InChI is InChI=1S/C49H66N2O10/c1-4-26-58-49-44(51(2)45(55)23-18-33-13-5-6-14-33)31-41(50-61-46-17-9-12-27-57-46)39-29-34(15-7-10-24-52)38(16-8-11-25-53)47(48(39)49)40-30-37(20-22-43(40)60-49)59-36-19-21-42(56-3)35(28-36)32-54/h4,19-22,28-30,32-34,38,44,46-48,52-53H,1,5-18,23-27,31H2,2-3H3. The first kappa shape index (κ1) is 44.8. The van der Waals surface area contributed by atoms with Gasteiger partial charge in [-0.1, -0.05) is 55.8 Å². The molecule has 3 aliphatic carbocycles. The number of hydrogen-bond donors (Lipinski definition) is 2. The number of aldehydes is 1. The zero-order valence-electron chi connectivity index (χ0n) is 36.1. The molecular formula is C49H66N2O10. The van der Waals surface area contributed by atoms with Crippen molar-refractivity contribution in [3.8, 4) is 23.0 Å². The Bertz CT molecular complexity index is 1870. The van der Waals surface area contributed by atoms with Gasteiger partial charge in [-0.2, -0.15) is 0 Å². The van der Waals surface area contributed by atoms with Crippen molar-refractivity contribution in [2.45, 2.75) is 127 Å². The number of rotatable bonds is 21. The minimum atomic E-state index is -1.32. The van der Waals surface area contributed by atoms with Crippen molar-refractivity contribution in [1.82, 2.24) is 4.90 Å². The van der Waals surface area contributed by atoms with Gasteiger partial charge in [-0.25, -0.2) is 0 Å². The van der Waals surface area contributed by atoms with E-state index in [4.69, 9.17) is 33.7 Å². The van der Waals surface area contributed by atoms with Crippen LogP contribution >= 0.6 is 0 Å². The van der Waals surface area contributed by atoms with Crippen molar-refractivity contribution in [3.05, 3.63) is 71.8 Å². The third-order valence-electron chi connectivity index (χ3n) is 13.7. The first-order chi connectivity index (χ1) is 29.8. The van der Waals surface area contributed by atoms with E-state index in [2.05, 4.69) is 12.7 Å². The lowest BCUT2D eigenvalue weighted by atomic mass is 9.55. The molecule has 332 valence electrons. The second-order valence-corrected chi connectivity index (χ2v) is 17.5. The van der Waals surface area contributed by atoms with Crippen molar-refractivity contribution in [1.29, 1.82) is 0 Å². The van der Waals surface area contributed by atoms with Gasteiger partial charge >= 0.3 is 0 Å². The molecule has 2 saturated carbocycles. The number of aliphatic hydroxyl groups excluding tert-OH is 2. The summed E-state index contributed by atoms with van der Waals surface area (Å²) in [6.07, 6.45) is 18.2. The lowest BCUT2D eigenvalue weighted by Gasteiger charge is -2.59. The van der Waals surface area contributed by atoms with Crippen LogP contribution in [-0.4, -0.2) is 91.7 Å². The number of fused-ring (bicyclic) bond motifs is 2. The second kappa shape index (κ2) is 21.2. The first-order valence-corrected chi connectivity index (χ1v) is 22.8. The molecule has 61 heavy (non-hydrogen) atoms. The van der Waals surface area contributed by atoms with Crippen molar-refractivity contribution >= 4 is 17.9 Å². The molecule has 0 radical (unpaired) electrons. The highest BCUT2D eigenvalue weighted by molar-refractivity contribution is 6.03. The van der Waals surface area contributed by atoms with Crippen LogP contribution in [0.15, 0.2) is 65.9 Å². The van der Waals surface area contributed by atoms with Crippen LogP contribution in [-0.2, 0) is 19.1 Å². The summed E-state index contributed by atoms with van der Waals surface area (Å²) in [7, 11) is 3.41. The summed E-state index contributed by atoms with van der Waals surface area (Å²) in [6.45, 7) is 5.06. The van der Waals surface area contributed by atoms with Gasteiger partial charge < -0.3 is 43.6 Å². The zero-order chi connectivity index (χ0) is 42.8. The number of carbonyl (C=O) groups excluding carboxylic acids is 2. The normalized spacial score (nSPS) is 27.6. The maximum absolute atomic E-state index is 14.4. The average Bonchev–Trinajstić information content (AvgIpc) is 3.82. The van der Waals surface area contributed by atoms with E-state index in [-0.39, 0.29) is 43.5 Å². The Labute approximate surface area is 361 Å². The molecule has 0 aromatic heterocycles. The molecule has 12 nitrogen and oxygen atoms in total. The number of carbonyl (C=O) groups is 2. The van der Waals surface area contributed by atoms with Crippen LogP contribution in [0.1, 0.15) is 125 Å². The number of methoxy groups -OCH3 is 1. The molecule has 0 bridgehead atoms. The molecule has 5 aliphatic rings. The summed E-state index contributed by atoms with van der Waals surface area (Å²) in [5.41, 5.74) is 3.05. The van der Waals surface area contributed by atoms with Gasteiger partial charge in [0.15, 0.2) is 6.29 Å². The molecule has 2 aromatic carbocycles. The number of oxime groups is 1. The molecule has 1 amide bonds. The largest absolute Gasteiger partial charge is 0.496 e. The highest BCUT2D eigenvalue weighted by Gasteiger charge is 2.65. The number of amides is 1. The molecule has 1 saturated heterocycles. The maximum Gasteiger partial charge on any atom is 0.239 e. The fourth-order valence-corrected chi connectivity index (χ4v) is 10.7. The van der Waals surface area contributed by atoms with Gasteiger partial charge in [0, 0.05) is 51.0 Å². The smallest absolute Gasteiger partial charge is 0.239 e. The molecular weight excluding hydrogens is 777 g/mol. The third-order valence-corrected chi connectivity index (χ3v) is 13.7. The van der Waals surface area contributed by atoms with Gasteiger partial charge in [-0.15, -0.1) is 6.58 Å². The molecule has 7 rings (SSSR count). The summed E-state index contributed by atoms with van der Waals surface area (Å²) >= 11 is 0. The number of unbranched alkanes of at least 4 members (excludes halogenated alkanes) is 2. The molecule has 0 spiro atoms. The lowest BCUT2D eigenvalue weighted by molar-refractivity contribution is -0.256. The van der Waals surface area contributed by atoms with Crippen molar-refractivity contribution in [2.24, 2.45) is 28.8 Å². The van der Waals surface area contributed by atoms with E-state index in [1.807, 2.05) is 30.1 Å². The van der Waals surface area contributed by atoms with Crippen LogP contribution in [0.5, 0.6) is 23.0 Å². The minimum Gasteiger partial charge on any atom is -0.496 e. The third kappa shape index (κ3) is 10.0. The van der Waals surface area contributed by atoms with Gasteiger partial charge in [0.05, 0.1) is 37.5 Å². The zero-order valence-corrected chi connectivity index (χ0v) is 36.1. The minimum absolute atomic E-state index is 0.0443. The number of nitrogens with zero attached hydrogens (tertiary/aromatic N) is 2. The van der Waals surface area contributed by atoms with Crippen LogP contribution in [0.25, 0.3) is 0 Å². The number of aliphatic hydroxyl groups is 2. The number of hydrogen-bond acceptors (Lipinski definition) is 11. The van der Waals surface area contributed by atoms with E-state index >= 15 is 0 Å². The van der Waals surface area contributed by atoms with Gasteiger partial charge in [-0.05, 0) is 105 Å². The van der Waals surface area contributed by atoms with Crippen LogP contribution in [0.4, 0.5) is 0 Å². The van der Waals surface area contributed by atoms with E-state index in [1.54, 1.807) is 24.3 Å². The van der Waals surface area contributed by atoms with Crippen LogP contribution < -0.4 is 14.2 Å². The van der Waals surface area contributed by atoms with Crippen LogP contribution in [0, 0.1) is 23.7 Å². The Morgan fingerprint density at radius 1 is 0.984 bits per heavy atom. The molecule has 12 heteroatoms. The molecule has 7 unspecified atom stereocenters. The number of benzene rings is 2. The Morgan fingerprint density at radius 3 is 2.46 bits per heavy atom. The van der Waals surface area contributed by atoms with Gasteiger partial charge in [-0.3, -0.25) is 9.59 Å². The van der Waals surface area contributed by atoms with Crippen LogP contribution in [0.3, 0.4) is 0 Å². The van der Waals surface area contributed by atoms with Gasteiger partial charge in [0.2, 0.25) is 18.0 Å². The Kier molecular flexibility index (Phi) is 15.6. The predicted octanol–water partition coefficient (Wildman–Crippen LogP) is 8.89. The fourth-order valence-electron chi connectivity index (χ4n) is 10.7. The van der Waals surface area contributed by atoms with Gasteiger partial charge in [0.25, 0.3) is 0 Å². The molecule has 3 fully saturated rings. The number of likely N-dealkylation sites (N-methyl/N-ethyl adjacent to an activating group) is 1. The lowest BCUT2D eigenvalue weighted by Crippen LogP contribution is -2.69. The van der Waals surface area contributed by atoms with Crippen molar-refractivity contribution in [3.63, 3.8) is 0 Å². The predicted molar refractivity (Wildman–Crippen MR) is 232 cm³/mol. The monoisotopic (exact) mass is 842 g/mol. The number of ether oxygens (including phenoxy) is 5. The van der Waals surface area contributed by atoms with Crippen molar-refractivity contribution < 1.29 is 48.3 Å². The highest BCUT2D eigenvalue weighted by Crippen LogP contribution is 2.62. The summed E-state index contributed by atoms with van der Waals surface area (Å²) in [5.74, 6) is 0.983. The van der Waals surface area contributed by atoms with Crippen LogP contribution in [0.2, 0.25) is 0 Å². The summed E-state index contributed by atoms with van der Waals surface area (Å²) in [6, 6.07) is 10.4. The second-order valence-electron chi connectivity index (χ2n) is 17.5. The number of allylic oxidation sites excluding steroid dienone is 1. The molecule has 2 heterocycles. The van der Waals surface area contributed by atoms with E-state index in [9.17, 15) is 19.8 Å². The average molecular weight is 843 g/mol. The molecule has 2 N–H and O–H groups in total. The van der Waals surface area contributed by atoms with E-state index < -0.39 is 24.0 Å². The molecule has 2 aliphatic heterocycles. The Morgan fingerprint density at radius 2 is 1.74 bits per heavy atom. The summed E-state index contributed by atoms with van der Waals surface area (Å²) in [4.78, 5) is 34.5. The highest BCUT2D eigenvalue weighted by atomic mass is 16.8. The SMILES string of the molecule is C=CCOC12Oc3ccc(Oc4ccc(OC)c(C=O)c4)cc3C3C(CCCCO)C(CCCCO)C=C(C(=NOC4CCCCO4)CC1N(C)C(=O)CCC1CCCC1)C32. The van der Waals surface area contributed by atoms with Crippen molar-refractivity contribution in [2.75, 3.05) is 40.6 Å². The van der Waals surface area contributed by atoms with E-state index in [0.29, 0.717) is 66.8 Å². The summed E-state index contributed by atoms with van der Waals surface area (Å²) < 4.78 is 32.2. The van der Waals surface area contributed by atoms with Gasteiger partial charge in [0.1, 0.15) is 29.0 Å². The molecule has 2 aromatic rings. The quantitative estimate of drug-likeness (QED) is 0.0541. The van der Waals surface area contributed by atoms with E-state index in [1.165, 1.54) is 32.8 Å².